The Hall–Kier alpha value is -1.49. The molecule has 2 nitrogen and oxygen atoms in total. The molecule has 3 N–H and O–H groups in total. The van der Waals surface area contributed by atoms with Crippen LogP contribution in [-0.2, 0) is 12.7 Å². The van der Waals surface area contributed by atoms with Gasteiger partial charge in [0.05, 0.1) is 0 Å². The van der Waals surface area contributed by atoms with E-state index in [1.807, 2.05) is 0 Å². The normalized spacial score (nSPS) is 12.3. The van der Waals surface area contributed by atoms with Gasteiger partial charge in [-0.2, -0.15) is 13.2 Å². The molecule has 0 radical (unpaired) electrons. The largest absolute Gasteiger partial charge is 0.431 e. The van der Waals surface area contributed by atoms with Crippen LogP contribution in [0.1, 0.15) is 11.3 Å². The Bertz CT molecular complexity index is 485. The van der Waals surface area contributed by atoms with E-state index in [4.69, 9.17) is 5.73 Å². The molecule has 5 heteroatoms. The van der Waals surface area contributed by atoms with Gasteiger partial charge in [-0.3, -0.25) is 0 Å². The van der Waals surface area contributed by atoms with Gasteiger partial charge in [-0.1, -0.05) is 12.1 Å². The summed E-state index contributed by atoms with van der Waals surface area (Å²) in [5.41, 5.74) is 5.93. The van der Waals surface area contributed by atoms with E-state index in [9.17, 15) is 13.2 Å². The van der Waals surface area contributed by atoms with Crippen molar-refractivity contribution in [1.82, 2.24) is 4.98 Å². The lowest BCUT2D eigenvalue weighted by Crippen LogP contribution is -2.04. The molecule has 0 aliphatic rings. The molecule has 0 atom stereocenters. The predicted molar refractivity (Wildman–Crippen MR) is 51.2 cm³/mol. The van der Waals surface area contributed by atoms with Gasteiger partial charge in [-0.15, -0.1) is 0 Å². The van der Waals surface area contributed by atoms with Gasteiger partial charge in [-0.25, -0.2) is 0 Å². The number of H-pyrrole nitrogens is 1. The van der Waals surface area contributed by atoms with E-state index in [0.717, 1.165) is 11.6 Å². The fourth-order valence-electron chi connectivity index (χ4n) is 1.45. The van der Waals surface area contributed by atoms with Crippen LogP contribution in [0.4, 0.5) is 13.2 Å². The molecule has 0 spiro atoms. The average molecular weight is 214 g/mol. The Kier molecular flexibility index (Phi) is 2.19. The van der Waals surface area contributed by atoms with Crippen LogP contribution in [0.5, 0.6) is 0 Å². The van der Waals surface area contributed by atoms with Gasteiger partial charge >= 0.3 is 6.18 Å². The molecule has 2 rings (SSSR count). The lowest BCUT2D eigenvalue weighted by atomic mass is 10.1. The number of hydrogen-bond acceptors (Lipinski definition) is 1. The van der Waals surface area contributed by atoms with Crippen molar-refractivity contribution in [3.8, 4) is 0 Å². The van der Waals surface area contributed by atoms with Crippen molar-refractivity contribution in [3.63, 3.8) is 0 Å². The minimum atomic E-state index is -4.33. The Labute approximate surface area is 83.9 Å². The number of aromatic amines is 1. The van der Waals surface area contributed by atoms with Crippen LogP contribution in [-0.4, -0.2) is 4.98 Å². The summed E-state index contributed by atoms with van der Waals surface area (Å²) in [6.45, 7) is 0.316. The monoisotopic (exact) mass is 214 g/mol. The topological polar surface area (TPSA) is 41.8 Å². The van der Waals surface area contributed by atoms with E-state index in [1.54, 1.807) is 18.2 Å². The summed E-state index contributed by atoms with van der Waals surface area (Å²) in [7, 11) is 0. The number of nitrogens with two attached hydrogens (primary N) is 1. The van der Waals surface area contributed by atoms with Crippen LogP contribution in [0.3, 0.4) is 0 Å². The van der Waals surface area contributed by atoms with Gasteiger partial charge in [-0.05, 0) is 17.7 Å². The Morgan fingerprint density at radius 3 is 2.53 bits per heavy atom. The molecule has 0 bridgehead atoms. The second-order valence-electron chi connectivity index (χ2n) is 3.31. The van der Waals surface area contributed by atoms with Crippen LogP contribution in [0, 0.1) is 0 Å². The van der Waals surface area contributed by atoms with Gasteiger partial charge in [0.2, 0.25) is 0 Å². The number of nitrogens with one attached hydrogen (secondary N) is 1. The van der Waals surface area contributed by atoms with Gasteiger partial charge in [0.15, 0.2) is 0 Å². The molecule has 0 fully saturated rings. The molecule has 1 aromatic heterocycles. The maximum absolute atomic E-state index is 12.4. The van der Waals surface area contributed by atoms with Gasteiger partial charge < -0.3 is 10.7 Å². The highest BCUT2D eigenvalue weighted by atomic mass is 19.4. The lowest BCUT2D eigenvalue weighted by Gasteiger charge is -2.00. The smallest absolute Gasteiger partial charge is 0.351 e. The van der Waals surface area contributed by atoms with Crippen molar-refractivity contribution in [1.29, 1.82) is 0 Å². The standard InChI is InChI=1S/C10H9F3N2/c11-10(12,13)9-4-7-2-1-6(5-14)3-8(7)15-9/h1-4,15H,5,14H2. The van der Waals surface area contributed by atoms with Crippen molar-refractivity contribution in [2.75, 3.05) is 0 Å². The first-order chi connectivity index (χ1) is 7.00. The number of alkyl halides is 3. The average Bonchev–Trinajstić information content (AvgIpc) is 2.59. The minimum absolute atomic E-state index is 0.316. The highest BCUT2D eigenvalue weighted by Crippen LogP contribution is 2.31. The van der Waals surface area contributed by atoms with Crippen LogP contribution in [0.2, 0.25) is 0 Å². The minimum Gasteiger partial charge on any atom is -0.351 e. The fourth-order valence-corrected chi connectivity index (χ4v) is 1.45. The number of fused-ring (bicyclic) bond motifs is 1. The van der Waals surface area contributed by atoms with Crippen LogP contribution < -0.4 is 5.73 Å². The van der Waals surface area contributed by atoms with E-state index in [-0.39, 0.29) is 0 Å². The maximum atomic E-state index is 12.4. The van der Waals surface area contributed by atoms with Crippen LogP contribution >= 0.6 is 0 Å². The number of hydrogen-bond donors (Lipinski definition) is 2. The summed E-state index contributed by atoms with van der Waals surface area (Å²) in [6, 6.07) is 6.07. The molecule has 1 heterocycles. The summed E-state index contributed by atoms with van der Waals surface area (Å²) in [4.78, 5) is 2.33. The second kappa shape index (κ2) is 3.27. The molecule has 0 saturated carbocycles. The third-order valence-electron chi connectivity index (χ3n) is 2.23. The van der Waals surface area contributed by atoms with Crippen molar-refractivity contribution >= 4 is 10.9 Å². The van der Waals surface area contributed by atoms with E-state index in [2.05, 4.69) is 4.98 Å². The molecule has 0 saturated heterocycles. The Balaban J connectivity index is 2.56. The molecule has 2 aromatic rings. The highest BCUT2D eigenvalue weighted by Gasteiger charge is 2.32. The third kappa shape index (κ3) is 1.83. The van der Waals surface area contributed by atoms with Crippen molar-refractivity contribution < 1.29 is 13.2 Å². The second-order valence-corrected chi connectivity index (χ2v) is 3.31. The van der Waals surface area contributed by atoms with E-state index in [1.165, 1.54) is 0 Å². The molecular weight excluding hydrogens is 205 g/mol. The molecule has 80 valence electrons. The number of benzene rings is 1. The molecule has 15 heavy (non-hydrogen) atoms. The third-order valence-corrected chi connectivity index (χ3v) is 2.23. The molecular formula is C10H9F3N2. The zero-order valence-electron chi connectivity index (χ0n) is 7.73. The zero-order valence-corrected chi connectivity index (χ0v) is 7.73. The van der Waals surface area contributed by atoms with Crippen LogP contribution in [0.25, 0.3) is 10.9 Å². The lowest BCUT2D eigenvalue weighted by molar-refractivity contribution is -0.140. The van der Waals surface area contributed by atoms with Gasteiger partial charge in [0.1, 0.15) is 5.69 Å². The number of halogens is 3. The Morgan fingerprint density at radius 1 is 1.20 bits per heavy atom. The number of rotatable bonds is 1. The summed E-state index contributed by atoms with van der Waals surface area (Å²) >= 11 is 0. The van der Waals surface area contributed by atoms with Crippen molar-refractivity contribution in [2.45, 2.75) is 12.7 Å². The fraction of sp³-hybridized carbons (Fsp3) is 0.200. The molecule has 0 aliphatic heterocycles. The van der Waals surface area contributed by atoms with Gasteiger partial charge in [0, 0.05) is 17.4 Å². The first kappa shape index (κ1) is 10.0. The highest BCUT2D eigenvalue weighted by molar-refractivity contribution is 5.81. The first-order valence-corrected chi connectivity index (χ1v) is 4.39. The quantitative estimate of drug-likeness (QED) is 0.752. The number of aromatic nitrogens is 1. The molecule has 0 aliphatic carbocycles. The predicted octanol–water partition coefficient (Wildman–Crippen LogP) is 2.65. The molecule has 0 unspecified atom stereocenters. The summed E-state index contributed by atoms with van der Waals surface area (Å²) in [5, 5.41) is 0.541. The summed E-state index contributed by atoms with van der Waals surface area (Å²) in [5.74, 6) is 0. The maximum Gasteiger partial charge on any atom is 0.431 e. The van der Waals surface area contributed by atoms with E-state index < -0.39 is 11.9 Å². The van der Waals surface area contributed by atoms with Crippen molar-refractivity contribution in [3.05, 3.63) is 35.5 Å². The summed E-state index contributed by atoms with van der Waals surface area (Å²) in [6.07, 6.45) is -4.33. The van der Waals surface area contributed by atoms with Crippen molar-refractivity contribution in [2.24, 2.45) is 5.73 Å². The van der Waals surface area contributed by atoms with E-state index >= 15 is 0 Å². The first-order valence-electron chi connectivity index (χ1n) is 4.39. The molecule has 0 amide bonds. The Morgan fingerprint density at radius 2 is 1.93 bits per heavy atom. The van der Waals surface area contributed by atoms with Crippen LogP contribution in [0.15, 0.2) is 24.3 Å². The van der Waals surface area contributed by atoms with E-state index in [0.29, 0.717) is 17.4 Å². The SMILES string of the molecule is NCc1ccc2cc(C(F)(F)F)[nH]c2c1. The van der Waals surface area contributed by atoms with Gasteiger partial charge in [0.25, 0.3) is 0 Å². The summed E-state index contributed by atoms with van der Waals surface area (Å²) < 4.78 is 37.1. The zero-order chi connectivity index (χ0) is 11.1. The molecule has 1 aromatic carbocycles.